The van der Waals surface area contributed by atoms with Gasteiger partial charge in [0.2, 0.25) is 0 Å². The molecule has 8 atom stereocenters. The molecule has 0 saturated heterocycles. The standard InChI is InChI=1S/C21H34O2/c1-13(22)17-6-7-18-16-5-4-14-12-15(23)8-10-20(14,2)19(16)9-11-21(17,18)3/h14-19,23H,4-12H2,1-3H3/t14-,15+,16-,17+,18-,19-,20-,21+/m0/s1/i1D3,14D,17D. The van der Waals surface area contributed by atoms with Gasteiger partial charge in [-0.15, -0.1) is 0 Å². The van der Waals surface area contributed by atoms with Gasteiger partial charge in [-0.2, -0.15) is 0 Å². The fourth-order valence-electron chi connectivity index (χ4n) is 7.11. The highest BCUT2D eigenvalue weighted by Gasteiger charge is 2.60. The van der Waals surface area contributed by atoms with Crippen LogP contribution in [0, 0.1) is 40.4 Å². The molecule has 0 unspecified atom stereocenters. The SMILES string of the molecule is [2H]C([2H])([2H])C(=O)[C@@]1([2H])CC[C@H]2[C@@H]3CC[C@@]4([2H])C[C@H](O)CC[C@]4(C)[C@H]3CC[C@@]21C. The van der Waals surface area contributed by atoms with Crippen LogP contribution in [0.1, 0.15) is 85.3 Å². The monoisotopic (exact) mass is 323 g/mol. The molecule has 0 spiro atoms. The first kappa shape index (κ1) is 11.3. The summed E-state index contributed by atoms with van der Waals surface area (Å²) >= 11 is 0. The van der Waals surface area contributed by atoms with Crippen molar-refractivity contribution in [2.75, 3.05) is 0 Å². The molecule has 130 valence electrons. The van der Waals surface area contributed by atoms with E-state index in [1.165, 1.54) is 0 Å². The normalized spacial score (nSPS) is 65.8. The average Bonchev–Trinajstić information content (AvgIpc) is 2.87. The minimum atomic E-state index is -2.72. The quantitative estimate of drug-likeness (QED) is 0.766. The van der Waals surface area contributed by atoms with Gasteiger partial charge in [-0.1, -0.05) is 13.8 Å². The maximum absolute atomic E-state index is 12.8. The molecule has 4 saturated carbocycles. The largest absolute Gasteiger partial charge is 0.393 e. The van der Waals surface area contributed by atoms with Crippen molar-refractivity contribution in [3.63, 3.8) is 0 Å². The van der Waals surface area contributed by atoms with Gasteiger partial charge in [0, 0.05) is 12.7 Å². The summed E-state index contributed by atoms with van der Waals surface area (Å²) in [5.41, 5.74) is -0.732. The molecule has 23 heavy (non-hydrogen) atoms. The van der Waals surface area contributed by atoms with Crippen molar-refractivity contribution in [2.24, 2.45) is 40.4 Å². The van der Waals surface area contributed by atoms with E-state index in [0.29, 0.717) is 31.1 Å². The van der Waals surface area contributed by atoms with E-state index in [2.05, 4.69) is 6.92 Å². The molecule has 4 aliphatic carbocycles. The first-order valence-corrected chi connectivity index (χ1v) is 9.52. The molecule has 0 bridgehead atoms. The molecule has 0 heterocycles. The number of aliphatic hydroxyl groups excluding tert-OH is 1. The molecule has 2 heteroatoms. The van der Waals surface area contributed by atoms with Crippen LogP contribution in [0.15, 0.2) is 0 Å². The van der Waals surface area contributed by atoms with Crippen LogP contribution in [0.2, 0.25) is 0 Å². The minimum Gasteiger partial charge on any atom is -0.393 e. The molecule has 2 nitrogen and oxygen atoms in total. The second kappa shape index (κ2) is 5.31. The summed E-state index contributed by atoms with van der Waals surface area (Å²) < 4.78 is 41.0. The van der Waals surface area contributed by atoms with E-state index in [0.717, 1.165) is 38.5 Å². The zero-order chi connectivity index (χ0) is 20.8. The maximum atomic E-state index is 12.8. The average molecular weight is 324 g/mol. The van der Waals surface area contributed by atoms with Crippen molar-refractivity contribution >= 4 is 5.78 Å². The van der Waals surface area contributed by atoms with E-state index in [1.807, 2.05) is 6.92 Å². The van der Waals surface area contributed by atoms with Crippen LogP contribution in [0.4, 0.5) is 0 Å². The predicted molar refractivity (Wildman–Crippen MR) is 91.9 cm³/mol. The van der Waals surface area contributed by atoms with Gasteiger partial charge in [0.25, 0.3) is 0 Å². The van der Waals surface area contributed by atoms with Crippen LogP contribution >= 0.6 is 0 Å². The van der Waals surface area contributed by atoms with E-state index in [9.17, 15) is 9.90 Å². The van der Waals surface area contributed by atoms with Crippen LogP contribution in [-0.2, 0) is 4.79 Å². The maximum Gasteiger partial charge on any atom is 0.133 e. The summed E-state index contributed by atoms with van der Waals surface area (Å²) in [6.45, 7) is 1.51. The fourth-order valence-corrected chi connectivity index (χ4v) is 7.11. The summed E-state index contributed by atoms with van der Waals surface area (Å²) in [6.07, 6.45) is 6.09. The molecular weight excluding hydrogens is 284 g/mol. The van der Waals surface area contributed by atoms with Crippen molar-refractivity contribution in [2.45, 2.75) is 84.6 Å². The van der Waals surface area contributed by atoms with Crippen molar-refractivity contribution in [1.29, 1.82) is 0 Å². The van der Waals surface area contributed by atoms with Crippen LogP contribution in [0.5, 0.6) is 0 Å². The third kappa shape index (κ3) is 2.19. The van der Waals surface area contributed by atoms with E-state index in [1.54, 1.807) is 0 Å². The van der Waals surface area contributed by atoms with Crippen molar-refractivity contribution < 1.29 is 16.8 Å². The van der Waals surface area contributed by atoms with Gasteiger partial charge in [0.1, 0.15) is 5.78 Å². The first-order valence-electron chi connectivity index (χ1n) is 12.0. The Kier molecular flexibility index (Phi) is 2.61. The van der Waals surface area contributed by atoms with E-state index >= 15 is 0 Å². The number of carbonyl (C=O) groups is 1. The highest BCUT2D eigenvalue weighted by molar-refractivity contribution is 5.79. The predicted octanol–water partition coefficient (Wildman–Crippen LogP) is 4.60. The lowest BCUT2D eigenvalue weighted by molar-refractivity contribution is -0.138. The molecular formula is C21H34O2. The fraction of sp³-hybridized carbons (Fsp3) is 0.952. The first-order chi connectivity index (χ1) is 12.8. The van der Waals surface area contributed by atoms with Gasteiger partial charge < -0.3 is 5.11 Å². The number of hydrogen-bond acceptors (Lipinski definition) is 2. The molecule has 0 aromatic carbocycles. The van der Waals surface area contributed by atoms with Crippen molar-refractivity contribution in [1.82, 2.24) is 0 Å². The molecule has 0 radical (unpaired) electrons. The summed E-state index contributed by atoms with van der Waals surface area (Å²) in [7, 11) is 0. The highest BCUT2D eigenvalue weighted by atomic mass is 16.3. The second-order valence-corrected chi connectivity index (χ2v) is 9.14. The number of ketones is 1. The number of carbonyl (C=O) groups excluding carboxylic acids is 1. The summed E-state index contributed by atoms with van der Waals surface area (Å²) in [5.74, 6) is -2.08. The molecule has 0 aromatic rings. The smallest absolute Gasteiger partial charge is 0.133 e. The molecule has 0 amide bonds. The van der Waals surface area contributed by atoms with Crippen LogP contribution in [0.25, 0.3) is 0 Å². The van der Waals surface area contributed by atoms with Gasteiger partial charge in [-0.05, 0) is 99.1 Å². The number of fused-ring (bicyclic) bond motifs is 5. The summed E-state index contributed by atoms with van der Waals surface area (Å²) in [5, 5.41) is 10.2. The van der Waals surface area contributed by atoms with Crippen LogP contribution in [-0.4, -0.2) is 17.0 Å². The molecule has 1 N–H and O–H groups in total. The Bertz CT molecular complexity index is 680. The van der Waals surface area contributed by atoms with Crippen LogP contribution < -0.4 is 0 Å². The topological polar surface area (TPSA) is 37.3 Å². The summed E-state index contributed by atoms with van der Waals surface area (Å²) in [4.78, 5) is 12.8. The zero-order valence-corrected chi connectivity index (χ0v) is 14.5. The molecule has 4 rings (SSSR count). The zero-order valence-electron chi connectivity index (χ0n) is 19.5. The van der Waals surface area contributed by atoms with Crippen LogP contribution in [0.3, 0.4) is 0 Å². The lowest BCUT2D eigenvalue weighted by Crippen LogP contribution is -2.54. The Morgan fingerprint density at radius 3 is 2.57 bits per heavy atom. The molecule has 0 aromatic heterocycles. The van der Waals surface area contributed by atoms with E-state index in [-0.39, 0.29) is 17.4 Å². The Labute approximate surface area is 148 Å². The van der Waals surface area contributed by atoms with Gasteiger partial charge in [-0.3, -0.25) is 4.79 Å². The molecule has 4 fully saturated rings. The number of aliphatic hydroxyl groups is 1. The van der Waals surface area contributed by atoms with Gasteiger partial charge >= 0.3 is 0 Å². The van der Waals surface area contributed by atoms with Crippen molar-refractivity contribution in [3.05, 3.63) is 0 Å². The van der Waals surface area contributed by atoms with E-state index in [4.69, 9.17) is 6.85 Å². The Morgan fingerprint density at radius 2 is 1.78 bits per heavy atom. The minimum absolute atomic E-state index is 0.141. The van der Waals surface area contributed by atoms with Crippen molar-refractivity contribution in [3.8, 4) is 0 Å². The van der Waals surface area contributed by atoms with Gasteiger partial charge in [0.15, 0.2) is 0 Å². The van der Waals surface area contributed by atoms with Gasteiger partial charge in [0.05, 0.1) is 6.10 Å². The number of Topliss-reactive ketones (excluding diaryl/α,β-unsaturated/α-hetero) is 1. The van der Waals surface area contributed by atoms with E-state index < -0.39 is 29.8 Å². The summed E-state index contributed by atoms with van der Waals surface area (Å²) in [6, 6.07) is 0. The van der Waals surface area contributed by atoms with Gasteiger partial charge in [-0.25, -0.2) is 0 Å². The lowest BCUT2D eigenvalue weighted by Gasteiger charge is -2.60. The lowest BCUT2D eigenvalue weighted by atomic mass is 9.44. The third-order valence-electron chi connectivity index (χ3n) is 8.38. The number of hydrogen-bond donors (Lipinski definition) is 1. The second-order valence-electron chi connectivity index (χ2n) is 9.14. The Hall–Kier alpha value is -0.370. The Morgan fingerprint density at radius 1 is 1.04 bits per heavy atom. The molecule has 0 aliphatic heterocycles. The molecule has 4 aliphatic rings. The Balaban J connectivity index is 1.67. The highest BCUT2D eigenvalue weighted by Crippen LogP contribution is 2.67. The number of rotatable bonds is 1. The third-order valence-corrected chi connectivity index (χ3v) is 8.38.